The van der Waals surface area contributed by atoms with E-state index in [1.165, 1.54) is 0 Å². The number of allylic oxidation sites excluding steroid dienone is 1. The number of hydrogen-bond acceptors (Lipinski definition) is 0. The van der Waals surface area contributed by atoms with Crippen LogP contribution in [0.1, 0.15) is 27.2 Å². The summed E-state index contributed by atoms with van der Waals surface area (Å²) >= 11 is 0. The normalized spacial score (nSPS) is 11.2. The van der Waals surface area contributed by atoms with Gasteiger partial charge in [0.25, 0.3) is 6.08 Å². The number of hydrogen-bond donors (Lipinski definition) is 0. The molecule has 0 fully saturated rings. The molecule has 0 radical (unpaired) electrons. The van der Waals surface area contributed by atoms with Gasteiger partial charge in [-0.25, -0.2) is 0 Å². The molecule has 0 N–H and O–H groups in total. The van der Waals surface area contributed by atoms with Gasteiger partial charge < -0.3 is 0 Å². The fraction of sp³-hybridized carbons (Fsp3) is 0.714. The Labute approximate surface area is 54.6 Å². The molecule has 0 aromatic rings. The molecule has 54 valence electrons. The zero-order chi connectivity index (χ0) is 7.49. The van der Waals surface area contributed by atoms with Crippen LogP contribution < -0.4 is 0 Å². The van der Waals surface area contributed by atoms with Crippen molar-refractivity contribution in [2.24, 2.45) is 5.41 Å². The minimum Gasteiger partial charge on any atom is -0.174 e. The Morgan fingerprint density at radius 1 is 1.44 bits per heavy atom. The molecule has 9 heavy (non-hydrogen) atoms. The van der Waals surface area contributed by atoms with Gasteiger partial charge in [-0.3, -0.25) is 0 Å². The fourth-order valence-electron chi connectivity index (χ4n) is 0.397. The molecular weight excluding hydrogens is 122 g/mol. The molecule has 2 heteroatoms. The molecule has 0 heterocycles. The van der Waals surface area contributed by atoms with Crippen LogP contribution in [0.15, 0.2) is 12.2 Å². The van der Waals surface area contributed by atoms with Crippen molar-refractivity contribution in [1.82, 2.24) is 0 Å². The second-order valence-corrected chi connectivity index (χ2v) is 2.78. The first-order valence-electron chi connectivity index (χ1n) is 3.02. The van der Waals surface area contributed by atoms with E-state index in [0.29, 0.717) is 0 Å². The van der Waals surface area contributed by atoms with E-state index < -0.39 is 6.08 Å². The highest BCUT2D eigenvalue weighted by Crippen LogP contribution is 2.23. The molecule has 0 atom stereocenters. The maximum atomic E-state index is 11.6. The van der Waals surface area contributed by atoms with Gasteiger partial charge in [0.2, 0.25) is 0 Å². The van der Waals surface area contributed by atoms with E-state index in [9.17, 15) is 8.78 Å². The van der Waals surface area contributed by atoms with E-state index in [0.717, 1.165) is 12.5 Å². The Morgan fingerprint density at radius 3 is 2.00 bits per heavy atom. The van der Waals surface area contributed by atoms with E-state index in [2.05, 4.69) is 0 Å². The minimum atomic E-state index is -1.58. The van der Waals surface area contributed by atoms with Crippen molar-refractivity contribution >= 4 is 0 Å². The standard InChI is InChI=1S/C7H12F2/c1-4-7(2,3)5-6(8)9/h5H,4H2,1-3H3. The molecule has 0 unspecified atom stereocenters. The minimum absolute atomic E-state index is 0.348. The van der Waals surface area contributed by atoms with Crippen LogP contribution in [0, 0.1) is 5.41 Å². The molecule has 0 rings (SSSR count). The second-order valence-electron chi connectivity index (χ2n) is 2.78. The van der Waals surface area contributed by atoms with Gasteiger partial charge in [-0.1, -0.05) is 20.8 Å². The molecule has 0 saturated heterocycles. The van der Waals surface area contributed by atoms with E-state index in [4.69, 9.17) is 0 Å². The Hall–Kier alpha value is -0.400. The van der Waals surface area contributed by atoms with Crippen molar-refractivity contribution in [3.63, 3.8) is 0 Å². The van der Waals surface area contributed by atoms with Crippen molar-refractivity contribution in [1.29, 1.82) is 0 Å². The summed E-state index contributed by atoms with van der Waals surface area (Å²) in [5.74, 6) is 0. The predicted octanol–water partition coefficient (Wildman–Crippen LogP) is 3.20. The zero-order valence-corrected chi connectivity index (χ0v) is 6.04. The topological polar surface area (TPSA) is 0 Å². The smallest absolute Gasteiger partial charge is 0.174 e. The second kappa shape index (κ2) is 2.95. The third-order valence-electron chi connectivity index (χ3n) is 1.41. The van der Waals surface area contributed by atoms with Gasteiger partial charge in [-0.05, 0) is 17.9 Å². The first-order chi connectivity index (χ1) is 3.98. The molecule has 0 bridgehead atoms. The largest absolute Gasteiger partial charge is 0.266 e. The monoisotopic (exact) mass is 134 g/mol. The molecule has 0 saturated carbocycles. The molecule has 0 aliphatic carbocycles. The molecule has 0 nitrogen and oxygen atoms in total. The zero-order valence-electron chi connectivity index (χ0n) is 6.04. The molecule has 0 amide bonds. The van der Waals surface area contributed by atoms with Crippen LogP contribution in [0.4, 0.5) is 8.78 Å². The highest BCUT2D eigenvalue weighted by Gasteiger charge is 2.12. The van der Waals surface area contributed by atoms with Crippen molar-refractivity contribution in [2.75, 3.05) is 0 Å². The molecule has 0 aliphatic heterocycles. The molecule has 0 spiro atoms. The van der Waals surface area contributed by atoms with Crippen LogP contribution in [-0.2, 0) is 0 Å². The third-order valence-corrected chi connectivity index (χ3v) is 1.41. The summed E-state index contributed by atoms with van der Waals surface area (Å²) in [7, 11) is 0. The highest BCUT2D eigenvalue weighted by molar-refractivity contribution is 4.93. The van der Waals surface area contributed by atoms with Gasteiger partial charge in [0.1, 0.15) is 0 Å². The summed E-state index contributed by atoms with van der Waals surface area (Å²) in [6, 6.07) is 0. The molecular formula is C7H12F2. The first-order valence-corrected chi connectivity index (χ1v) is 3.02. The van der Waals surface area contributed by atoms with E-state index >= 15 is 0 Å². The number of rotatable bonds is 2. The lowest BCUT2D eigenvalue weighted by Gasteiger charge is -2.15. The van der Waals surface area contributed by atoms with Crippen molar-refractivity contribution in [3.05, 3.63) is 12.2 Å². The maximum absolute atomic E-state index is 11.6. The summed E-state index contributed by atoms with van der Waals surface area (Å²) in [5, 5.41) is 0. The van der Waals surface area contributed by atoms with Gasteiger partial charge in [0.05, 0.1) is 0 Å². The van der Waals surface area contributed by atoms with Gasteiger partial charge in [-0.15, -0.1) is 0 Å². The van der Waals surface area contributed by atoms with Crippen LogP contribution in [-0.4, -0.2) is 0 Å². The van der Waals surface area contributed by atoms with Crippen LogP contribution in [0.25, 0.3) is 0 Å². The summed E-state index contributed by atoms with van der Waals surface area (Å²) in [6.45, 7) is 5.46. The maximum Gasteiger partial charge on any atom is 0.266 e. The van der Waals surface area contributed by atoms with Crippen LogP contribution in [0.2, 0.25) is 0 Å². The van der Waals surface area contributed by atoms with Crippen molar-refractivity contribution in [3.8, 4) is 0 Å². The predicted molar refractivity (Wildman–Crippen MR) is 34.4 cm³/mol. The summed E-state index contributed by atoms with van der Waals surface area (Å²) in [4.78, 5) is 0. The molecule has 0 aromatic heterocycles. The van der Waals surface area contributed by atoms with E-state index in [-0.39, 0.29) is 5.41 Å². The third kappa shape index (κ3) is 4.13. The molecule has 0 aromatic carbocycles. The van der Waals surface area contributed by atoms with Gasteiger partial charge in [-0.2, -0.15) is 8.78 Å². The highest BCUT2D eigenvalue weighted by atomic mass is 19.3. The summed E-state index contributed by atoms with van der Waals surface area (Å²) in [6.07, 6.45) is 0.152. The van der Waals surface area contributed by atoms with Crippen LogP contribution in [0.5, 0.6) is 0 Å². The lowest BCUT2D eigenvalue weighted by atomic mass is 9.91. The van der Waals surface area contributed by atoms with Gasteiger partial charge in [0.15, 0.2) is 0 Å². The lowest BCUT2D eigenvalue weighted by molar-refractivity contribution is 0.375. The van der Waals surface area contributed by atoms with Crippen molar-refractivity contribution in [2.45, 2.75) is 27.2 Å². The Kier molecular flexibility index (Phi) is 2.82. The van der Waals surface area contributed by atoms with E-state index in [1.807, 2.05) is 6.92 Å². The Balaban J connectivity index is 4.01. The SMILES string of the molecule is CCC(C)(C)C=C(F)F. The first kappa shape index (κ1) is 8.60. The Morgan fingerprint density at radius 2 is 1.89 bits per heavy atom. The summed E-state index contributed by atoms with van der Waals surface area (Å²) < 4.78 is 23.2. The van der Waals surface area contributed by atoms with Gasteiger partial charge in [0, 0.05) is 0 Å². The average molecular weight is 134 g/mol. The molecule has 0 aliphatic rings. The average Bonchev–Trinajstić information content (AvgIpc) is 1.63. The lowest BCUT2D eigenvalue weighted by Crippen LogP contribution is -2.04. The van der Waals surface area contributed by atoms with Crippen LogP contribution >= 0.6 is 0 Å². The summed E-state index contributed by atoms with van der Waals surface area (Å²) in [5.41, 5.74) is -0.348. The van der Waals surface area contributed by atoms with E-state index in [1.54, 1.807) is 13.8 Å². The number of halogens is 2. The van der Waals surface area contributed by atoms with Gasteiger partial charge >= 0.3 is 0 Å². The van der Waals surface area contributed by atoms with Crippen LogP contribution in [0.3, 0.4) is 0 Å². The Bertz CT molecular complexity index is 110. The fourth-order valence-corrected chi connectivity index (χ4v) is 0.397. The quantitative estimate of drug-likeness (QED) is 0.544. The van der Waals surface area contributed by atoms with Crippen molar-refractivity contribution < 1.29 is 8.78 Å².